The first-order chi connectivity index (χ1) is 6.83. The van der Waals surface area contributed by atoms with Crippen molar-refractivity contribution in [3.05, 3.63) is 35.4 Å². The molecule has 0 bridgehead atoms. The fourth-order valence-electron chi connectivity index (χ4n) is 2.67. The first-order valence-electron chi connectivity index (χ1n) is 5.90. The van der Waals surface area contributed by atoms with Crippen LogP contribution in [0.1, 0.15) is 50.2 Å². The Balaban J connectivity index is 2.30. The van der Waals surface area contributed by atoms with E-state index >= 15 is 0 Å². The maximum absolute atomic E-state index is 2.40. The predicted octanol–water partition coefficient (Wildman–Crippen LogP) is 4.15. The molecule has 1 aliphatic carbocycles. The molecule has 1 aromatic carbocycles. The van der Waals surface area contributed by atoms with Gasteiger partial charge in [-0.25, -0.2) is 0 Å². The third-order valence-corrected chi connectivity index (χ3v) is 3.75. The Labute approximate surface area is 87.3 Å². The van der Waals surface area contributed by atoms with Gasteiger partial charge in [0.25, 0.3) is 0 Å². The second-order valence-electron chi connectivity index (χ2n) is 4.58. The van der Waals surface area contributed by atoms with Crippen LogP contribution in [0, 0.1) is 5.92 Å². The minimum absolute atomic E-state index is 0.824. The van der Waals surface area contributed by atoms with E-state index < -0.39 is 0 Å². The number of fused-ring (bicyclic) bond motifs is 1. The minimum Gasteiger partial charge on any atom is -0.0651 e. The third kappa shape index (κ3) is 1.70. The van der Waals surface area contributed by atoms with Crippen molar-refractivity contribution < 1.29 is 0 Å². The molecule has 1 aliphatic rings. The van der Waals surface area contributed by atoms with Crippen molar-refractivity contribution >= 4 is 0 Å². The summed E-state index contributed by atoms with van der Waals surface area (Å²) in [6.45, 7) is 4.70. The van der Waals surface area contributed by atoms with E-state index in [1.807, 2.05) is 0 Å². The monoisotopic (exact) mass is 188 g/mol. The van der Waals surface area contributed by atoms with Gasteiger partial charge in [0, 0.05) is 0 Å². The lowest BCUT2D eigenvalue weighted by Crippen LogP contribution is -2.15. The lowest BCUT2D eigenvalue weighted by atomic mass is 9.75. The van der Waals surface area contributed by atoms with Crippen molar-refractivity contribution in [2.24, 2.45) is 5.92 Å². The molecule has 0 saturated carbocycles. The summed E-state index contributed by atoms with van der Waals surface area (Å²) in [6, 6.07) is 9.02. The van der Waals surface area contributed by atoms with Crippen molar-refractivity contribution in [1.29, 1.82) is 0 Å². The molecule has 0 fully saturated rings. The summed E-state index contributed by atoms with van der Waals surface area (Å²) < 4.78 is 0. The SMILES string of the molecule is CC[C@@H](C)C1CCCc2ccccc21. The predicted molar refractivity (Wildman–Crippen MR) is 61.6 cm³/mol. The molecule has 0 spiro atoms. The topological polar surface area (TPSA) is 0 Å². The highest BCUT2D eigenvalue weighted by Gasteiger charge is 2.23. The molecule has 1 unspecified atom stereocenters. The molecule has 76 valence electrons. The van der Waals surface area contributed by atoms with Crippen molar-refractivity contribution in [1.82, 2.24) is 0 Å². The van der Waals surface area contributed by atoms with Gasteiger partial charge in [0.2, 0.25) is 0 Å². The van der Waals surface area contributed by atoms with Crippen LogP contribution in [0.5, 0.6) is 0 Å². The van der Waals surface area contributed by atoms with Gasteiger partial charge in [0.1, 0.15) is 0 Å². The highest BCUT2D eigenvalue weighted by atomic mass is 14.3. The lowest BCUT2D eigenvalue weighted by Gasteiger charge is -2.29. The highest BCUT2D eigenvalue weighted by Crippen LogP contribution is 2.37. The summed E-state index contributed by atoms with van der Waals surface area (Å²) >= 11 is 0. The third-order valence-electron chi connectivity index (χ3n) is 3.75. The first kappa shape index (κ1) is 9.76. The van der Waals surface area contributed by atoms with Crippen LogP contribution in [0.15, 0.2) is 24.3 Å². The van der Waals surface area contributed by atoms with E-state index in [-0.39, 0.29) is 0 Å². The van der Waals surface area contributed by atoms with Crippen LogP contribution in [0.2, 0.25) is 0 Å². The van der Waals surface area contributed by atoms with Crippen LogP contribution < -0.4 is 0 Å². The van der Waals surface area contributed by atoms with Gasteiger partial charge >= 0.3 is 0 Å². The minimum atomic E-state index is 0.824. The summed E-state index contributed by atoms with van der Waals surface area (Å²) in [5, 5.41) is 0. The van der Waals surface area contributed by atoms with Gasteiger partial charge in [0.15, 0.2) is 0 Å². The Morgan fingerprint density at radius 2 is 2.14 bits per heavy atom. The average molecular weight is 188 g/mol. The highest BCUT2D eigenvalue weighted by molar-refractivity contribution is 5.32. The van der Waals surface area contributed by atoms with Crippen LogP contribution in [0.25, 0.3) is 0 Å². The Kier molecular flexibility index (Phi) is 2.90. The van der Waals surface area contributed by atoms with Gasteiger partial charge in [-0.2, -0.15) is 0 Å². The van der Waals surface area contributed by atoms with Crippen molar-refractivity contribution in [2.75, 3.05) is 0 Å². The molecule has 14 heavy (non-hydrogen) atoms. The molecule has 0 nitrogen and oxygen atoms in total. The normalized spacial score (nSPS) is 22.9. The summed E-state index contributed by atoms with van der Waals surface area (Å²) in [4.78, 5) is 0. The Morgan fingerprint density at radius 3 is 2.93 bits per heavy atom. The van der Waals surface area contributed by atoms with Gasteiger partial charge in [-0.05, 0) is 42.2 Å². The second-order valence-corrected chi connectivity index (χ2v) is 4.58. The molecule has 0 aromatic heterocycles. The largest absolute Gasteiger partial charge is 0.0651 e. The summed E-state index contributed by atoms with van der Waals surface area (Å²) in [5.41, 5.74) is 3.23. The molecule has 0 aliphatic heterocycles. The van der Waals surface area contributed by atoms with Crippen LogP contribution in [0.3, 0.4) is 0 Å². The maximum atomic E-state index is 2.40. The molecule has 0 radical (unpaired) electrons. The van der Waals surface area contributed by atoms with E-state index in [1.54, 1.807) is 11.1 Å². The van der Waals surface area contributed by atoms with Gasteiger partial charge in [-0.3, -0.25) is 0 Å². The number of hydrogen-bond acceptors (Lipinski definition) is 0. The summed E-state index contributed by atoms with van der Waals surface area (Å²) in [6.07, 6.45) is 5.38. The molecular weight excluding hydrogens is 168 g/mol. The average Bonchev–Trinajstić information content (AvgIpc) is 2.27. The smallest absolute Gasteiger partial charge is 0.0133 e. The Hall–Kier alpha value is -0.780. The quantitative estimate of drug-likeness (QED) is 0.654. The van der Waals surface area contributed by atoms with E-state index in [0.29, 0.717) is 0 Å². The molecule has 0 saturated heterocycles. The molecular formula is C14H20. The van der Waals surface area contributed by atoms with E-state index in [4.69, 9.17) is 0 Å². The fourth-order valence-corrected chi connectivity index (χ4v) is 2.67. The molecule has 0 heterocycles. The van der Waals surface area contributed by atoms with Crippen LogP contribution in [-0.2, 0) is 6.42 Å². The van der Waals surface area contributed by atoms with Crippen molar-refractivity contribution in [2.45, 2.75) is 45.4 Å². The van der Waals surface area contributed by atoms with E-state index in [9.17, 15) is 0 Å². The van der Waals surface area contributed by atoms with Gasteiger partial charge in [-0.1, -0.05) is 44.5 Å². The van der Waals surface area contributed by atoms with Crippen molar-refractivity contribution in [3.8, 4) is 0 Å². The van der Waals surface area contributed by atoms with E-state index in [1.165, 1.54) is 25.7 Å². The molecule has 2 rings (SSSR count). The number of benzene rings is 1. The van der Waals surface area contributed by atoms with E-state index in [2.05, 4.69) is 38.1 Å². The summed E-state index contributed by atoms with van der Waals surface area (Å²) in [5.74, 6) is 1.67. The fraction of sp³-hybridized carbons (Fsp3) is 0.571. The van der Waals surface area contributed by atoms with Crippen LogP contribution in [0.4, 0.5) is 0 Å². The van der Waals surface area contributed by atoms with E-state index in [0.717, 1.165) is 11.8 Å². The zero-order valence-corrected chi connectivity index (χ0v) is 9.29. The Bertz CT molecular complexity index is 301. The number of hydrogen-bond donors (Lipinski definition) is 0. The Morgan fingerprint density at radius 1 is 1.36 bits per heavy atom. The van der Waals surface area contributed by atoms with Crippen LogP contribution >= 0.6 is 0 Å². The lowest BCUT2D eigenvalue weighted by molar-refractivity contribution is 0.396. The zero-order valence-electron chi connectivity index (χ0n) is 9.29. The second kappa shape index (κ2) is 4.16. The zero-order chi connectivity index (χ0) is 9.97. The molecule has 2 atom stereocenters. The number of aryl methyl sites for hydroxylation is 1. The molecule has 0 N–H and O–H groups in total. The van der Waals surface area contributed by atoms with Gasteiger partial charge in [0.05, 0.1) is 0 Å². The van der Waals surface area contributed by atoms with Gasteiger partial charge in [-0.15, -0.1) is 0 Å². The first-order valence-corrected chi connectivity index (χ1v) is 5.90. The number of rotatable bonds is 2. The molecule has 0 amide bonds. The van der Waals surface area contributed by atoms with Gasteiger partial charge < -0.3 is 0 Å². The molecule has 1 aromatic rings. The van der Waals surface area contributed by atoms with Crippen LogP contribution in [-0.4, -0.2) is 0 Å². The standard InChI is InChI=1S/C14H20/c1-3-11(2)13-10-6-8-12-7-4-5-9-14(12)13/h4-5,7,9,11,13H,3,6,8,10H2,1-2H3/t11-,13?/m1/s1. The maximum Gasteiger partial charge on any atom is -0.0133 e. The van der Waals surface area contributed by atoms with Crippen molar-refractivity contribution in [3.63, 3.8) is 0 Å². The summed E-state index contributed by atoms with van der Waals surface area (Å²) in [7, 11) is 0. The molecule has 0 heteroatoms.